The van der Waals surface area contributed by atoms with Crippen molar-refractivity contribution < 1.29 is 17.9 Å². The molecule has 0 aliphatic carbocycles. The van der Waals surface area contributed by atoms with Crippen LogP contribution in [0.2, 0.25) is 0 Å². The molecule has 8 heteroatoms. The smallest absolute Gasteiger partial charge is 0.266 e. The second-order valence-corrected chi connectivity index (χ2v) is 6.78. The molecule has 0 aliphatic heterocycles. The lowest BCUT2D eigenvalue weighted by Crippen LogP contribution is -2.12. The van der Waals surface area contributed by atoms with Gasteiger partial charge in [0.15, 0.2) is 0 Å². The predicted molar refractivity (Wildman–Crippen MR) is 106 cm³/mol. The van der Waals surface area contributed by atoms with E-state index in [0.29, 0.717) is 35.0 Å². The van der Waals surface area contributed by atoms with Gasteiger partial charge in [0, 0.05) is 17.0 Å². The number of nitrogens with zero attached hydrogens (tertiary/aromatic N) is 3. The predicted octanol–water partition coefficient (Wildman–Crippen LogP) is 5.76. The van der Waals surface area contributed by atoms with Crippen LogP contribution in [0.1, 0.15) is 56.1 Å². The van der Waals surface area contributed by atoms with Gasteiger partial charge >= 0.3 is 0 Å². The number of ether oxygens (including phenoxy) is 1. The molecule has 1 atom stereocenters. The van der Waals surface area contributed by atoms with Crippen molar-refractivity contribution in [3.8, 4) is 5.88 Å². The maximum absolute atomic E-state index is 14.5. The summed E-state index contributed by atoms with van der Waals surface area (Å²) >= 11 is 0. The van der Waals surface area contributed by atoms with Gasteiger partial charge in [0.25, 0.3) is 6.43 Å². The molecule has 3 rings (SSSR count). The van der Waals surface area contributed by atoms with Crippen LogP contribution in [0, 0.1) is 12.7 Å². The van der Waals surface area contributed by atoms with Crippen LogP contribution in [0.4, 0.5) is 19.0 Å². The van der Waals surface area contributed by atoms with Crippen molar-refractivity contribution in [1.29, 1.82) is 0 Å². The highest BCUT2D eigenvalue weighted by molar-refractivity contribution is 5.89. The molecule has 0 aliphatic rings. The summed E-state index contributed by atoms with van der Waals surface area (Å²) in [6, 6.07) is 5.13. The number of benzene rings is 1. The molecular weight excluding hydrogens is 381 g/mol. The van der Waals surface area contributed by atoms with Crippen LogP contribution in [0.25, 0.3) is 10.9 Å². The fraction of sp³-hybridized carbons (Fsp3) is 0.381. The molecule has 0 amide bonds. The van der Waals surface area contributed by atoms with E-state index in [1.807, 2.05) is 0 Å². The van der Waals surface area contributed by atoms with Crippen molar-refractivity contribution in [2.45, 2.75) is 46.1 Å². The van der Waals surface area contributed by atoms with Crippen LogP contribution in [0.3, 0.4) is 0 Å². The minimum absolute atomic E-state index is 0.140. The number of aryl methyl sites for hydroxylation is 1. The Kier molecular flexibility index (Phi) is 6.51. The topological polar surface area (TPSA) is 59.9 Å². The lowest BCUT2D eigenvalue weighted by atomic mass is 10.0. The summed E-state index contributed by atoms with van der Waals surface area (Å²) in [6.45, 7) is 6.04. The number of pyridine rings is 1. The molecule has 0 spiro atoms. The van der Waals surface area contributed by atoms with Gasteiger partial charge in [-0.2, -0.15) is 0 Å². The van der Waals surface area contributed by atoms with Gasteiger partial charge in [0.2, 0.25) is 5.88 Å². The van der Waals surface area contributed by atoms with Gasteiger partial charge in [-0.05, 0) is 20.3 Å². The minimum Gasteiger partial charge on any atom is -0.478 e. The van der Waals surface area contributed by atoms with Crippen LogP contribution in [-0.4, -0.2) is 21.6 Å². The zero-order valence-corrected chi connectivity index (χ0v) is 16.5. The molecule has 5 nitrogen and oxygen atoms in total. The Morgan fingerprint density at radius 2 is 1.93 bits per heavy atom. The molecule has 2 aromatic heterocycles. The second-order valence-electron chi connectivity index (χ2n) is 6.78. The van der Waals surface area contributed by atoms with Gasteiger partial charge in [-0.3, -0.25) is 0 Å². The molecule has 3 aromatic rings. The van der Waals surface area contributed by atoms with Crippen LogP contribution < -0.4 is 10.1 Å². The van der Waals surface area contributed by atoms with E-state index in [1.165, 1.54) is 12.1 Å². The van der Waals surface area contributed by atoms with E-state index < -0.39 is 23.8 Å². The van der Waals surface area contributed by atoms with Gasteiger partial charge < -0.3 is 10.1 Å². The number of unbranched alkanes of at least 4 members (excludes halogenated alkanes) is 1. The third kappa shape index (κ3) is 4.75. The van der Waals surface area contributed by atoms with Crippen molar-refractivity contribution in [2.24, 2.45) is 0 Å². The number of hydrogen-bond acceptors (Lipinski definition) is 5. The number of halogens is 3. The Morgan fingerprint density at radius 3 is 2.66 bits per heavy atom. The summed E-state index contributed by atoms with van der Waals surface area (Å²) in [5.74, 6) is 0.503. The normalized spacial score (nSPS) is 12.4. The lowest BCUT2D eigenvalue weighted by Gasteiger charge is -2.18. The molecule has 0 fully saturated rings. The van der Waals surface area contributed by atoms with Crippen molar-refractivity contribution >= 4 is 16.7 Å². The zero-order chi connectivity index (χ0) is 21.0. The van der Waals surface area contributed by atoms with E-state index in [4.69, 9.17) is 4.74 Å². The first kappa shape index (κ1) is 20.8. The summed E-state index contributed by atoms with van der Waals surface area (Å²) in [4.78, 5) is 13.0. The van der Waals surface area contributed by atoms with Gasteiger partial charge in [0.05, 0.1) is 29.9 Å². The SMILES string of the molecule is CCCCOc1cc2c(NC(C)c3cccc(C(F)F)c3F)nc(C)nc2cn1. The molecule has 1 unspecified atom stereocenters. The van der Waals surface area contributed by atoms with Gasteiger partial charge in [0.1, 0.15) is 17.5 Å². The van der Waals surface area contributed by atoms with Crippen LogP contribution >= 0.6 is 0 Å². The van der Waals surface area contributed by atoms with E-state index in [0.717, 1.165) is 18.9 Å². The highest BCUT2D eigenvalue weighted by Gasteiger charge is 2.20. The summed E-state index contributed by atoms with van der Waals surface area (Å²) in [5.41, 5.74) is 0.133. The van der Waals surface area contributed by atoms with Gasteiger partial charge in [-0.25, -0.2) is 28.1 Å². The summed E-state index contributed by atoms with van der Waals surface area (Å²) < 4.78 is 46.2. The molecule has 0 bridgehead atoms. The van der Waals surface area contributed by atoms with E-state index in [1.54, 1.807) is 26.1 Å². The van der Waals surface area contributed by atoms with Crippen molar-refractivity contribution in [3.63, 3.8) is 0 Å². The van der Waals surface area contributed by atoms with Crippen LogP contribution in [0.5, 0.6) is 5.88 Å². The molecule has 1 N–H and O–H groups in total. The quantitative estimate of drug-likeness (QED) is 0.484. The number of alkyl halides is 2. The Hall–Kier alpha value is -2.90. The fourth-order valence-electron chi connectivity index (χ4n) is 2.99. The molecule has 0 saturated heterocycles. The van der Waals surface area contributed by atoms with Gasteiger partial charge in [-0.1, -0.05) is 31.5 Å². The second kappa shape index (κ2) is 9.07. The largest absolute Gasteiger partial charge is 0.478 e. The van der Waals surface area contributed by atoms with Gasteiger partial charge in [-0.15, -0.1) is 0 Å². The zero-order valence-electron chi connectivity index (χ0n) is 16.5. The average molecular weight is 404 g/mol. The van der Waals surface area contributed by atoms with Crippen molar-refractivity contribution in [1.82, 2.24) is 15.0 Å². The highest BCUT2D eigenvalue weighted by Crippen LogP contribution is 2.31. The summed E-state index contributed by atoms with van der Waals surface area (Å²) in [5, 5.41) is 3.79. The number of rotatable bonds is 8. The Morgan fingerprint density at radius 1 is 1.17 bits per heavy atom. The summed E-state index contributed by atoms with van der Waals surface area (Å²) in [7, 11) is 0. The third-order valence-corrected chi connectivity index (χ3v) is 4.53. The monoisotopic (exact) mass is 404 g/mol. The fourth-order valence-corrected chi connectivity index (χ4v) is 2.99. The lowest BCUT2D eigenvalue weighted by molar-refractivity contribution is 0.146. The summed E-state index contributed by atoms with van der Waals surface area (Å²) in [6.07, 6.45) is 0.632. The van der Waals surface area contributed by atoms with Crippen molar-refractivity contribution in [3.05, 3.63) is 53.2 Å². The van der Waals surface area contributed by atoms with E-state index in [2.05, 4.69) is 27.2 Å². The maximum atomic E-state index is 14.5. The molecule has 0 saturated carbocycles. The van der Waals surface area contributed by atoms with Crippen LogP contribution in [0.15, 0.2) is 30.5 Å². The number of fused-ring (bicyclic) bond motifs is 1. The van der Waals surface area contributed by atoms with Crippen molar-refractivity contribution in [2.75, 3.05) is 11.9 Å². The molecular formula is C21H23F3N4O. The Balaban J connectivity index is 1.94. The average Bonchev–Trinajstić information content (AvgIpc) is 2.68. The first-order chi connectivity index (χ1) is 13.9. The van der Waals surface area contributed by atoms with E-state index >= 15 is 0 Å². The minimum atomic E-state index is -2.88. The standard InChI is InChI=1S/C21H23F3N4O/c1-4-5-9-29-18-10-16-17(11-25-18)27-13(3)28-21(16)26-12(2)14-7-6-8-15(19(14)22)20(23)24/h6-8,10-12,20H,4-5,9H2,1-3H3,(H,26,27,28). The Bertz CT molecular complexity index is 997. The first-order valence-electron chi connectivity index (χ1n) is 9.50. The Labute approximate surface area is 167 Å². The maximum Gasteiger partial charge on any atom is 0.266 e. The number of nitrogens with one attached hydrogen (secondary N) is 1. The molecule has 29 heavy (non-hydrogen) atoms. The van der Waals surface area contributed by atoms with E-state index in [9.17, 15) is 13.2 Å². The molecule has 154 valence electrons. The van der Waals surface area contributed by atoms with Crippen LogP contribution in [-0.2, 0) is 0 Å². The number of hydrogen-bond donors (Lipinski definition) is 1. The molecule has 1 aromatic carbocycles. The highest BCUT2D eigenvalue weighted by atomic mass is 19.3. The number of aromatic nitrogens is 3. The first-order valence-corrected chi connectivity index (χ1v) is 9.50. The molecule has 2 heterocycles. The van der Waals surface area contributed by atoms with E-state index in [-0.39, 0.29) is 5.56 Å². The molecule has 0 radical (unpaired) electrons. The third-order valence-electron chi connectivity index (χ3n) is 4.53. The number of anilines is 1.